The Morgan fingerprint density at radius 2 is 1.46 bits per heavy atom. The average molecular weight is 367 g/mol. The van der Waals surface area contributed by atoms with Gasteiger partial charge in [-0.25, -0.2) is 26.7 Å². The van der Waals surface area contributed by atoms with E-state index >= 15 is 0 Å². The molecule has 0 aliphatic heterocycles. The Morgan fingerprint density at radius 1 is 0.958 bits per heavy atom. The van der Waals surface area contributed by atoms with Crippen molar-refractivity contribution in [3.63, 3.8) is 0 Å². The number of halogens is 6. The Labute approximate surface area is 138 Å². The van der Waals surface area contributed by atoms with E-state index in [2.05, 4.69) is 10.5 Å². The molecule has 0 spiro atoms. The molecule has 2 aromatic carbocycles. The molecule has 10 heteroatoms. The molecular formula is C14H8ClF5N2O2. The number of hydrogen-bond donors (Lipinski definition) is 2. The van der Waals surface area contributed by atoms with E-state index in [-0.39, 0.29) is 23.7 Å². The van der Waals surface area contributed by atoms with Gasteiger partial charge in [0.05, 0.1) is 23.0 Å². The van der Waals surface area contributed by atoms with Gasteiger partial charge in [0.1, 0.15) is 0 Å². The first-order valence-corrected chi connectivity index (χ1v) is 5.97. The van der Waals surface area contributed by atoms with Crippen molar-refractivity contribution in [1.82, 2.24) is 0 Å². The molecule has 0 unspecified atom stereocenters. The van der Waals surface area contributed by atoms with Crippen LogP contribution in [0.5, 0.6) is 0 Å². The molecule has 4 nitrogen and oxygen atoms in total. The molecule has 24 heavy (non-hydrogen) atoms. The fourth-order valence-corrected chi connectivity index (χ4v) is 1.67. The number of benzene rings is 2. The van der Waals surface area contributed by atoms with Crippen molar-refractivity contribution < 1.29 is 31.9 Å². The van der Waals surface area contributed by atoms with Crippen molar-refractivity contribution in [2.75, 3.05) is 5.43 Å². The van der Waals surface area contributed by atoms with Gasteiger partial charge in [-0.15, -0.1) is 12.4 Å². The van der Waals surface area contributed by atoms with Crippen LogP contribution in [0.4, 0.5) is 27.6 Å². The van der Waals surface area contributed by atoms with E-state index in [9.17, 15) is 26.7 Å². The molecule has 128 valence electrons. The lowest BCUT2D eigenvalue weighted by Gasteiger charge is -2.06. The molecule has 0 fully saturated rings. The van der Waals surface area contributed by atoms with Crippen LogP contribution in [0.15, 0.2) is 29.4 Å². The molecule has 0 aromatic heterocycles. The van der Waals surface area contributed by atoms with Crippen molar-refractivity contribution in [2.24, 2.45) is 5.10 Å². The number of anilines is 1. The molecule has 0 heterocycles. The largest absolute Gasteiger partial charge is 0.478 e. The van der Waals surface area contributed by atoms with Crippen LogP contribution >= 0.6 is 12.4 Å². The van der Waals surface area contributed by atoms with Gasteiger partial charge >= 0.3 is 5.97 Å². The van der Waals surface area contributed by atoms with E-state index in [0.29, 0.717) is 6.21 Å². The number of nitrogens with one attached hydrogen (secondary N) is 1. The minimum Gasteiger partial charge on any atom is -0.478 e. The van der Waals surface area contributed by atoms with Crippen molar-refractivity contribution in [3.05, 3.63) is 64.5 Å². The number of nitrogens with zero attached hydrogens (tertiary/aromatic N) is 1. The molecular weight excluding hydrogens is 359 g/mol. The lowest BCUT2D eigenvalue weighted by molar-refractivity contribution is 0.0698. The number of hydrazone groups is 1. The van der Waals surface area contributed by atoms with Gasteiger partial charge in [0, 0.05) is 0 Å². The molecule has 0 saturated carbocycles. The Hall–Kier alpha value is -2.68. The maximum absolute atomic E-state index is 13.4. The van der Waals surface area contributed by atoms with Crippen LogP contribution in [-0.2, 0) is 0 Å². The summed E-state index contributed by atoms with van der Waals surface area (Å²) in [6.45, 7) is 0. The molecule has 2 rings (SSSR count). The highest BCUT2D eigenvalue weighted by molar-refractivity contribution is 5.94. The maximum atomic E-state index is 13.4. The van der Waals surface area contributed by atoms with Crippen LogP contribution in [0, 0.1) is 29.1 Å². The predicted octanol–water partition coefficient (Wildman–Crippen LogP) is 3.95. The van der Waals surface area contributed by atoms with E-state index in [1.807, 2.05) is 0 Å². The molecule has 0 aliphatic rings. The SMILES string of the molecule is Cl.O=C(O)c1ccccc1NN=Cc1c(F)c(F)c(F)c(F)c1F. The Balaban J connectivity index is 0.00000288. The number of carboxylic acids is 1. The number of rotatable bonds is 4. The minimum atomic E-state index is -2.28. The molecule has 0 saturated heterocycles. The minimum absolute atomic E-state index is 0. The standard InChI is InChI=1S/C14H7F5N2O2.ClH/c15-9-7(10(16)12(18)13(19)11(9)17)5-20-21-8-4-2-1-3-6(8)14(22)23;/h1-5,21H,(H,22,23);1H. The number of hydrogen-bond acceptors (Lipinski definition) is 3. The van der Waals surface area contributed by atoms with Gasteiger partial charge in [0.2, 0.25) is 5.82 Å². The average Bonchev–Trinajstić information content (AvgIpc) is 2.54. The van der Waals surface area contributed by atoms with Crippen LogP contribution < -0.4 is 5.43 Å². The lowest BCUT2D eigenvalue weighted by atomic mass is 10.2. The summed E-state index contributed by atoms with van der Waals surface area (Å²) in [5.41, 5.74) is 0.699. The quantitative estimate of drug-likeness (QED) is 0.283. The van der Waals surface area contributed by atoms with Crippen LogP contribution in [0.3, 0.4) is 0 Å². The van der Waals surface area contributed by atoms with Gasteiger partial charge in [-0.2, -0.15) is 5.10 Å². The molecule has 0 radical (unpaired) electrons. The first kappa shape index (κ1) is 19.4. The van der Waals surface area contributed by atoms with Crippen LogP contribution in [0.2, 0.25) is 0 Å². The summed E-state index contributed by atoms with van der Waals surface area (Å²) in [6.07, 6.45) is 0.370. The molecule has 0 aliphatic carbocycles. The van der Waals surface area contributed by atoms with E-state index in [1.54, 1.807) is 0 Å². The second kappa shape index (κ2) is 7.73. The summed E-state index contributed by atoms with van der Waals surface area (Å²) >= 11 is 0. The first-order chi connectivity index (χ1) is 10.8. The predicted molar refractivity (Wildman–Crippen MR) is 78.1 cm³/mol. The fourth-order valence-electron chi connectivity index (χ4n) is 1.67. The highest BCUT2D eigenvalue weighted by atomic mass is 35.5. The third-order valence-electron chi connectivity index (χ3n) is 2.78. The normalized spacial score (nSPS) is 10.5. The topological polar surface area (TPSA) is 61.7 Å². The van der Waals surface area contributed by atoms with E-state index < -0.39 is 40.6 Å². The van der Waals surface area contributed by atoms with Crippen molar-refractivity contribution in [2.45, 2.75) is 0 Å². The number of carbonyl (C=O) groups is 1. The third-order valence-corrected chi connectivity index (χ3v) is 2.78. The van der Waals surface area contributed by atoms with Gasteiger partial charge < -0.3 is 5.11 Å². The van der Waals surface area contributed by atoms with Crippen LogP contribution in [0.1, 0.15) is 15.9 Å². The maximum Gasteiger partial charge on any atom is 0.337 e. The molecule has 0 amide bonds. The molecule has 2 N–H and O–H groups in total. The van der Waals surface area contributed by atoms with E-state index in [4.69, 9.17) is 5.11 Å². The Kier molecular flexibility index (Phi) is 6.24. The number of para-hydroxylation sites is 1. The highest BCUT2D eigenvalue weighted by Crippen LogP contribution is 2.22. The Morgan fingerprint density at radius 3 is 2.00 bits per heavy atom. The first-order valence-electron chi connectivity index (χ1n) is 5.97. The van der Waals surface area contributed by atoms with Crippen LogP contribution in [0.25, 0.3) is 0 Å². The van der Waals surface area contributed by atoms with Crippen molar-refractivity contribution in [3.8, 4) is 0 Å². The zero-order valence-corrected chi connectivity index (χ0v) is 12.3. The van der Waals surface area contributed by atoms with E-state index in [1.165, 1.54) is 24.3 Å². The monoisotopic (exact) mass is 366 g/mol. The summed E-state index contributed by atoms with van der Waals surface area (Å²) in [7, 11) is 0. The van der Waals surface area contributed by atoms with Gasteiger partial charge in [0.25, 0.3) is 0 Å². The fraction of sp³-hybridized carbons (Fsp3) is 0. The zero-order chi connectivity index (χ0) is 17.1. The van der Waals surface area contributed by atoms with Gasteiger partial charge in [-0.3, -0.25) is 5.43 Å². The Bertz CT molecular complexity index is 785. The summed E-state index contributed by atoms with van der Waals surface area (Å²) in [5, 5.41) is 12.2. The summed E-state index contributed by atoms with van der Waals surface area (Å²) in [4.78, 5) is 10.9. The highest BCUT2D eigenvalue weighted by Gasteiger charge is 2.24. The smallest absolute Gasteiger partial charge is 0.337 e. The summed E-state index contributed by atoms with van der Waals surface area (Å²) in [6, 6.07) is 5.43. The van der Waals surface area contributed by atoms with Crippen molar-refractivity contribution in [1.29, 1.82) is 0 Å². The number of aromatic carboxylic acids is 1. The summed E-state index contributed by atoms with van der Waals surface area (Å²) < 4.78 is 65.7. The van der Waals surface area contributed by atoms with E-state index in [0.717, 1.165) is 0 Å². The second-order valence-electron chi connectivity index (χ2n) is 4.20. The van der Waals surface area contributed by atoms with Gasteiger partial charge in [-0.05, 0) is 12.1 Å². The second-order valence-corrected chi connectivity index (χ2v) is 4.20. The molecule has 0 atom stereocenters. The van der Waals surface area contributed by atoms with Crippen molar-refractivity contribution >= 4 is 30.3 Å². The zero-order valence-electron chi connectivity index (χ0n) is 11.5. The van der Waals surface area contributed by atoms with Crippen LogP contribution in [-0.4, -0.2) is 17.3 Å². The molecule has 2 aromatic rings. The number of carboxylic acid groups (broad SMARTS) is 1. The lowest BCUT2D eigenvalue weighted by Crippen LogP contribution is -2.07. The third kappa shape index (κ3) is 3.62. The summed E-state index contributed by atoms with van der Waals surface area (Å²) in [5.74, 6) is -11.9. The molecule has 0 bridgehead atoms. The van der Waals surface area contributed by atoms with Gasteiger partial charge in [-0.1, -0.05) is 12.1 Å². The van der Waals surface area contributed by atoms with Gasteiger partial charge in [0.15, 0.2) is 23.3 Å².